The Bertz CT molecular complexity index is 646. The van der Waals surface area contributed by atoms with E-state index in [0.29, 0.717) is 5.56 Å². The van der Waals surface area contributed by atoms with Crippen molar-refractivity contribution in [3.63, 3.8) is 0 Å². The first-order chi connectivity index (χ1) is 12.1. The van der Waals surface area contributed by atoms with Crippen LogP contribution < -0.4 is 0 Å². The fraction of sp³-hybridized carbons (Fsp3) is 0.579. The maximum atomic E-state index is 13.7. The number of hydrogen-bond donors (Lipinski definition) is 0. The van der Waals surface area contributed by atoms with Crippen molar-refractivity contribution in [3.8, 4) is 0 Å². The average molecular weight is 389 g/mol. The molecule has 0 saturated heterocycles. The van der Waals surface area contributed by atoms with E-state index in [0.717, 1.165) is 0 Å². The summed E-state index contributed by atoms with van der Waals surface area (Å²) in [7, 11) is 0. The number of alkyl halides is 3. The molecule has 0 heterocycles. The number of benzene rings is 1. The number of hydrogen-bond acceptors (Lipinski definition) is 4. The number of carbonyl (C=O) groups excluding carboxylic acids is 2. The van der Waals surface area contributed by atoms with Crippen LogP contribution in [0.15, 0.2) is 30.3 Å². The number of amides is 1. The van der Waals surface area contributed by atoms with Gasteiger partial charge < -0.3 is 9.47 Å². The van der Waals surface area contributed by atoms with Crippen molar-refractivity contribution >= 4 is 12.1 Å². The maximum absolute atomic E-state index is 13.7. The molecule has 0 aliphatic rings. The molecule has 0 unspecified atom stereocenters. The van der Waals surface area contributed by atoms with E-state index < -0.39 is 40.3 Å². The first kappa shape index (κ1) is 22.8. The predicted molar refractivity (Wildman–Crippen MR) is 93.6 cm³/mol. The van der Waals surface area contributed by atoms with Gasteiger partial charge in [0, 0.05) is 0 Å². The minimum atomic E-state index is -5.12. The first-order valence-electron chi connectivity index (χ1n) is 8.42. The predicted octanol–water partition coefficient (Wildman–Crippen LogP) is 4.90. The standard InChI is InChI=1S/C19H26F3NO4/c1-17(2,3)14(15(24)27-18(4,5)6)23(19(20,21)22)16(25)26-12-13-10-8-7-9-11-13/h7-11,14H,12H2,1-6H3/t14-/m1/s1. The van der Waals surface area contributed by atoms with Gasteiger partial charge in [0.25, 0.3) is 0 Å². The normalized spacial score (nSPS) is 13.7. The summed E-state index contributed by atoms with van der Waals surface area (Å²) in [5.74, 6) is -1.15. The zero-order chi connectivity index (χ0) is 21.0. The molecule has 0 radical (unpaired) electrons. The highest BCUT2D eigenvalue weighted by atomic mass is 19.4. The van der Waals surface area contributed by atoms with E-state index in [1.165, 1.54) is 41.5 Å². The zero-order valence-electron chi connectivity index (χ0n) is 16.4. The van der Waals surface area contributed by atoms with E-state index in [1.54, 1.807) is 30.3 Å². The summed E-state index contributed by atoms with van der Waals surface area (Å²) in [5, 5.41) is 0. The lowest BCUT2D eigenvalue weighted by Crippen LogP contribution is -2.59. The minimum absolute atomic E-state index is 0.350. The number of ether oxygens (including phenoxy) is 2. The quantitative estimate of drug-likeness (QED) is 0.543. The van der Waals surface area contributed by atoms with Crippen LogP contribution in [-0.2, 0) is 20.9 Å². The Balaban J connectivity index is 3.15. The van der Waals surface area contributed by atoms with Gasteiger partial charge in [-0.3, -0.25) is 0 Å². The third-order valence-corrected chi connectivity index (χ3v) is 3.38. The van der Waals surface area contributed by atoms with E-state index in [1.807, 2.05) is 0 Å². The van der Waals surface area contributed by atoms with Gasteiger partial charge in [-0.1, -0.05) is 51.1 Å². The van der Waals surface area contributed by atoms with Gasteiger partial charge in [-0.05, 0) is 31.7 Å². The molecule has 152 valence electrons. The van der Waals surface area contributed by atoms with Crippen LogP contribution in [0.25, 0.3) is 0 Å². The number of esters is 1. The molecule has 0 aliphatic heterocycles. The first-order valence-corrected chi connectivity index (χ1v) is 8.42. The van der Waals surface area contributed by atoms with E-state index in [4.69, 9.17) is 9.47 Å². The highest BCUT2D eigenvalue weighted by molar-refractivity contribution is 5.82. The molecule has 0 saturated carbocycles. The zero-order valence-corrected chi connectivity index (χ0v) is 16.4. The van der Waals surface area contributed by atoms with Crippen molar-refractivity contribution in [2.45, 2.75) is 66.1 Å². The van der Waals surface area contributed by atoms with Crippen molar-refractivity contribution < 1.29 is 32.2 Å². The lowest BCUT2D eigenvalue weighted by atomic mass is 9.85. The van der Waals surface area contributed by atoms with E-state index in [9.17, 15) is 22.8 Å². The largest absolute Gasteiger partial charge is 0.490 e. The van der Waals surface area contributed by atoms with Gasteiger partial charge >= 0.3 is 18.4 Å². The number of nitrogens with zero attached hydrogens (tertiary/aromatic N) is 1. The molecule has 0 bridgehead atoms. The number of rotatable bonds is 4. The van der Waals surface area contributed by atoms with Crippen LogP contribution in [0.5, 0.6) is 0 Å². The SMILES string of the molecule is CC(C)(C)OC(=O)[C@@H](N(C(=O)OCc1ccccc1)C(F)(F)F)C(C)(C)C. The van der Waals surface area contributed by atoms with Crippen molar-refractivity contribution in [3.05, 3.63) is 35.9 Å². The highest BCUT2D eigenvalue weighted by Crippen LogP contribution is 2.35. The molecule has 0 fully saturated rings. The summed E-state index contributed by atoms with van der Waals surface area (Å²) in [4.78, 5) is 24.3. The van der Waals surface area contributed by atoms with Crippen molar-refractivity contribution in [1.29, 1.82) is 0 Å². The van der Waals surface area contributed by atoms with Gasteiger partial charge in [0.2, 0.25) is 0 Å². The molecule has 0 N–H and O–H groups in total. The Morgan fingerprint density at radius 2 is 1.52 bits per heavy atom. The molecule has 1 aromatic rings. The van der Waals surface area contributed by atoms with Crippen LogP contribution in [0.3, 0.4) is 0 Å². The smallest absolute Gasteiger partial charge is 0.458 e. The molecule has 8 heteroatoms. The fourth-order valence-electron chi connectivity index (χ4n) is 2.35. The summed E-state index contributed by atoms with van der Waals surface area (Å²) in [6, 6.07) is 6.39. The molecule has 0 aliphatic carbocycles. The fourth-order valence-corrected chi connectivity index (χ4v) is 2.35. The maximum Gasteiger partial charge on any atom is 0.490 e. The van der Waals surface area contributed by atoms with Crippen molar-refractivity contribution in [2.75, 3.05) is 0 Å². The highest BCUT2D eigenvalue weighted by Gasteiger charge is 2.54. The Morgan fingerprint density at radius 1 is 1.00 bits per heavy atom. The van der Waals surface area contributed by atoms with Gasteiger partial charge in [-0.25, -0.2) is 14.5 Å². The summed E-state index contributed by atoms with van der Waals surface area (Å²) in [6.45, 7) is 8.53. The van der Waals surface area contributed by atoms with Gasteiger partial charge in [0.1, 0.15) is 18.2 Å². The van der Waals surface area contributed by atoms with E-state index >= 15 is 0 Å². The molecule has 1 rings (SSSR count). The average Bonchev–Trinajstić information content (AvgIpc) is 2.46. The van der Waals surface area contributed by atoms with E-state index in [-0.39, 0.29) is 6.61 Å². The lowest BCUT2D eigenvalue weighted by molar-refractivity contribution is -0.255. The van der Waals surface area contributed by atoms with E-state index in [2.05, 4.69) is 0 Å². The Hall–Kier alpha value is -2.25. The monoisotopic (exact) mass is 389 g/mol. The van der Waals surface area contributed by atoms with Gasteiger partial charge in [0.15, 0.2) is 0 Å². The topological polar surface area (TPSA) is 55.8 Å². The van der Waals surface area contributed by atoms with Crippen molar-refractivity contribution in [2.24, 2.45) is 5.41 Å². The Kier molecular flexibility index (Phi) is 6.91. The summed E-state index contributed by atoms with van der Waals surface area (Å²) < 4.78 is 51.0. The molecule has 1 aromatic carbocycles. The molecule has 1 amide bonds. The third-order valence-electron chi connectivity index (χ3n) is 3.38. The summed E-state index contributed by atoms with van der Waals surface area (Å²) in [6.07, 6.45) is -6.78. The van der Waals surface area contributed by atoms with Crippen LogP contribution in [0.2, 0.25) is 0 Å². The van der Waals surface area contributed by atoms with Crippen molar-refractivity contribution in [1.82, 2.24) is 4.90 Å². The number of carbonyl (C=O) groups is 2. The van der Waals surface area contributed by atoms with Crippen LogP contribution >= 0.6 is 0 Å². The molecule has 0 spiro atoms. The summed E-state index contributed by atoms with van der Waals surface area (Å²) in [5.41, 5.74) is -1.73. The minimum Gasteiger partial charge on any atom is -0.458 e. The molecule has 1 atom stereocenters. The van der Waals surface area contributed by atoms with Crippen LogP contribution in [0, 0.1) is 5.41 Å². The molecule has 0 aromatic heterocycles. The molecular weight excluding hydrogens is 363 g/mol. The molecule has 5 nitrogen and oxygen atoms in total. The van der Waals surface area contributed by atoms with Crippen LogP contribution in [0.4, 0.5) is 18.0 Å². The van der Waals surface area contributed by atoms with Crippen LogP contribution in [0.1, 0.15) is 47.1 Å². The van der Waals surface area contributed by atoms with Crippen LogP contribution in [-0.4, -0.2) is 34.9 Å². The lowest BCUT2D eigenvalue weighted by Gasteiger charge is -2.39. The second-order valence-corrected chi connectivity index (χ2v) is 8.18. The second-order valence-electron chi connectivity index (χ2n) is 8.18. The molecule has 27 heavy (non-hydrogen) atoms. The Morgan fingerprint density at radius 3 is 1.93 bits per heavy atom. The molecular formula is C19H26F3NO4. The second kappa shape index (κ2) is 8.19. The third kappa shape index (κ3) is 7.11. The van der Waals surface area contributed by atoms with Gasteiger partial charge in [0.05, 0.1) is 0 Å². The number of halogens is 3. The van der Waals surface area contributed by atoms with Gasteiger partial charge in [-0.2, -0.15) is 0 Å². The summed E-state index contributed by atoms with van der Waals surface area (Å²) >= 11 is 0. The van der Waals surface area contributed by atoms with Gasteiger partial charge in [-0.15, -0.1) is 13.2 Å². The Labute approximate surface area is 157 Å².